The van der Waals surface area contributed by atoms with Crippen LogP contribution in [0.5, 0.6) is 0 Å². The van der Waals surface area contributed by atoms with E-state index >= 15 is 0 Å². The highest BCUT2D eigenvalue weighted by Crippen LogP contribution is 2.21. The van der Waals surface area contributed by atoms with E-state index in [2.05, 4.69) is 28.3 Å². The van der Waals surface area contributed by atoms with E-state index in [0.717, 1.165) is 19.3 Å². The summed E-state index contributed by atoms with van der Waals surface area (Å²) in [5, 5.41) is 3.09. The molecule has 0 radical (unpaired) electrons. The summed E-state index contributed by atoms with van der Waals surface area (Å²) < 4.78 is 10.0. The van der Waals surface area contributed by atoms with E-state index in [4.69, 9.17) is 4.74 Å². The molecule has 2 aliphatic rings. The molecule has 0 saturated carbocycles. The van der Waals surface area contributed by atoms with Crippen LogP contribution in [0.4, 0.5) is 4.79 Å². The number of ether oxygens (including phenoxy) is 2. The predicted octanol–water partition coefficient (Wildman–Crippen LogP) is 1.13. The lowest BCUT2D eigenvalue weighted by atomic mass is 9.88. The fourth-order valence-electron chi connectivity index (χ4n) is 3.19. The van der Waals surface area contributed by atoms with Gasteiger partial charge in [0.05, 0.1) is 20.3 Å². The van der Waals surface area contributed by atoms with Crippen molar-refractivity contribution in [2.45, 2.75) is 31.4 Å². The number of fused-ring (bicyclic) bond motifs is 1. The summed E-state index contributed by atoms with van der Waals surface area (Å²) in [6, 6.07) is 8.36. The maximum Gasteiger partial charge on any atom is 0.336 e. The van der Waals surface area contributed by atoms with Gasteiger partial charge < -0.3 is 19.7 Å². The van der Waals surface area contributed by atoms with E-state index in [1.807, 2.05) is 6.07 Å². The Balaban J connectivity index is 1.56. The lowest BCUT2D eigenvalue weighted by Crippen LogP contribution is -2.54. The molecule has 0 bridgehead atoms. The third-order valence-electron chi connectivity index (χ3n) is 4.49. The Morgan fingerprint density at radius 1 is 1.30 bits per heavy atom. The first-order valence-electron chi connectivity index (χ1n) is 7.99. The molecule has 1 aromatic rings. The minimum absolute atomic E-state index is 0.133. The zero-order valence-corrected chi connectivity index (χ0v) is 13.3. The van der Waals surface area contributed by atoms with Crippen molar-refractivity contribution in [1.82, 2.24) is 10.2 Å². The number of hydrogen-bond donors (Lipinski definition) is 1. The van der Waals surface area contributed by atoms with Gasteiger partial charge in [0.1, 0.15) is 0 Å². The van der Waals surface area contributed by atoms with E-state index < -0.39 is 12.1 Å². The quantitative estimate of drug-likeness (QED) is 0.830. The zero-order valence-electron chi connectivity index (χ0n) is 13.3. The molecule has 3 rings (SSSR count). The van der Waals surface area contributed by atoms with Crippen LogP contribution in [0.3, 0.4) is 0 Å². The first-order valence-corrected chi connectivity index (χ1v) is 7.99. The Kier molecular flexibility index (Phi) is 4.81. The minimum atomic E-state index is -0.688. The first kappa shape index (κ1) is 15.8. The molecule has 0 aromatic heterocycles. The summed E-state index contributed by atoms with van der Waals surface area (Å²) in [5.74, 6) is -0.436. The lowest BCUT2D eigenvalue weighted by Gasteiger charge is -2.33. The summed E-state index contributed by atoms with van der Waals surface area (Å²) >= 11 is 0. The molecule has 1 aliphatic heterocycles. The van der Waals surface area contributed by atoms with E-state index in [1.165, 1.54) is 18.2 Å². The smallest absolute Gasteiger partial charge is 0.336 e. The van der Waals surface area contributed by atoms with Gasteiger partial charge in [-0.15, -0.1) is 0 Å². The number of morpholine rings is 1. The zero-order chi connectivity index (χ0) is 16.2. The van der Waals surface area contributed by atoms with Crippen LogP contribution in [0.25, 0.3) is 0 Å². The monoisotopic (exact) mass is 318 g/mol. The Hall–Kier alpha value is -2.08. The molecule has 2 unspecified atom stereocenters. The van der Waals surface area contributed by atoms with Crippen molar-refractivity contribution in [2.24, 2.45) is 0 Å². The van der Waals surface area contributed by atoms with Crippen LogP contribution in [0.1, 0.15) is 17.5 Å². The average Bonchev–Trinajstić information content (AvgIpc) is 2.61. The molecule has 1 aliphatic carbocycles. The highest BCUT2D eigenvalue weighted by molar-refractivity contribution is 5.78. The Bertz CT molecular complexity index is 590. The highest BCUT2D eigenvalue weighted by Gasteiger charge is 2.31. The highest BCUT2D eigenvalue weighted by atomic mass is 16.6. The summed E-state index contributed by atoms with van der Waals surface area (Å²) in [4.78, 5) is 25.6. The van der Waals surface area contributed by atoms with Gasteiger partial charge in [0.25, 0.3) is 0 Å². The van der Waals surface area contributed by atoms with Gasteiger partial charge in [-0.25, -0.2) is 9.59 Å². The summed E-state index contributed by atoms with van der Waals surface area (Å²) in [6.45, 7) is 1.07. The maximum atomic E-state index is 12.4. The maximum absolute atomic E-state index is 12.4. The van der Waals surface area contributed by atoms with Crippen molar-refractivity contribution in [3.63, 3.8) is 0 Å². The number of amides is 2. The van der Waals surface area contributed by atoms with Crippen LogP contribution in [-0.4, -0.2) is 55.9 Å². The Morgan fingerprint density at radius 2 is 2.09 bits per heavy atom. The molecule has 0 spiro atoms. The van der Waals surface area contributed by atoms with Crippen LogP contribution >= 0.6 is 0 Å². The van der Waals surface area contributed by atoms with Gasteiger partial charge >= 0.3 is 12.0 Å². The van der Waals surface area contributed by atoms with Crippen LogP contribution < -0.4 is 5.32 Å². The third-order valence-corrected chi connectivity index (χ3v) is 4.49. The summed E-state index contributed by atoms with van der Waals surface area (Å²) in [5.41, 5.74) is 2.67. The standard InChI is InChI=1S/C17H22N2O4/c1-22-16(20)15-11-19(8-9-23-15)17(21)18-14-7-6-12-4-2-3-5-13(12)10-14/h2-5,14-15H,6-11H2,1H3,(H,18,21). The van der Waals surface area contributed by atoms with Crippen molar-refractivity contribution in [3.8, 4) is 0 Å². The number of benzene rings is 1. The topological polar surface area (TPSA) is 67.9 Å². The summed E-state index contributed by atoms with van der Waals surface area (Å²) in [7, 11) is 1.32. The van der Waals surface area contributed by atoms with Gasteiger partial charge in [-0.1, -0.05) is 24.3 Å². The molecule has 2 amide bonds. The second-order valence-electron chi connectivity index (χ2n) is 5.99. The minimum Gasteiger partial charge on any atom is -0.467 e. The number of hydrogen-bond acceptors (Lipinski definition) is 4. The van der Waals surface area contributed by atoms with Gasteiger partial charge in [0.15, 0.2) is 6.10 Å². The molecule has 124 valence electrons. The van der Waals surface area contributed by atoms with Crippen LogP contribution in [0, 0.1) is 0 Å². The molecule has 6 heteroatoms. The molecule has 1 saturated heterocycles. The fraction of sp³-hybridized carbons (Fsp3) is 0.529. The fourth-order valence-corrected chi connectivity index (χ4v) is 3.19. The van der Waals surface area contributed by atoms with Gasteiger partial charge in [-0.3, -0.25) is 0 Å². The van der Waals surface area contributed by atoms with Gasteiger partial charge in [0, 0.05) is 12.6 Å². The second-order valence-corrected chi connectivity index (χ2v) is 5.99. The molecule has 1 aromatic carbocycles. The molecule has 1 N–H and O–H groups in total. The molecule has 1 fully saturated rings. The third kappa shape index (κ3) is 3.64. The Morgan fingerprint density at radius 3 is 2.87 bits per heavy atom. The van der Waals surface area contributed by atoms with E-state index in [1.54, 1.807) is 4.90 Å². The van der Waals surface area contributed by atoms with Crippen molar-refractivity contribution in [3.05, 3.63) is 35.4 Å². The van der Waals surface area contributed by atoms with E-state index in [9.17, 15) is 9.59 Å². The number of nitrogens with zero attached hydrogens (tertiary/aromatic N) is 1. The second kappa shape index (κ2) is 7.00. The van der Waals surface area contributed by atoms with E-state index in [0.29, 0.717) is 13.2 Å². The SMILES string of the molecule is COC(=O)C1CN(C(=O)NC2CCc3ccccc3C2)CCO1. The van der Waals surface area contributed by atoms with Gasteiger partial charge in [-0.05, 0) is 30.4 Å². The van der Waals surface area contributed by atoms with Crippen molar-refractivity contribution < 1.29 is 19.1 Å². The number of carbonyl (C=O) groups is 2. The van der Waals surface area contributed by atoms with Crippen molar-refractivity contribution in [2.75, 3.05) is 26.8 Å². The van der Waals surface area contributed by atoms with Crippen LogP contribution in [-0.2, 0) is 27.1 Å². The number of rotatable bonds is 2. The summed E-state index contributed by atoms with van der Waals surface area (Å²) in [6.07, 6.45) is 2.08. The van der Waals surface area contributed by atoms with Crippen LogP contribution in [0.15, 0.2) is 24.3 Å². The number of methoxy groups -OCH3 is 1. The molecule has 23 heavy (non-hydrogen) atoms. The number of urea groups is 1. The normalized spacial score (nSPS) is 23.8. The van der Waals surface area contributed by atoms with E-state index in [-0.39, 0.29) is 18.6 Å². The number of nitrogens with one attached hydrogen (secondary N) is 1. The number of carbonyl (C=O) groups excluding carboxylic acids is 2. The number of aryl methyl sites for hydroxylation is 1. The number of esters is 1. The van der Waals surface area contributed by atoms with Crippen molar-refractivity contribution in [1.29, 1.82) is 0 Å². The molecule has 6 nitrogen and oxygen atoms in total. The molecular weight excluding hydrogens is 296 g/mol. The molecule has 1 heterocycles. The predicted molar refractivity (Wildman–Crippen MR) is 84.1 cm³/mol. The molecular formula is C17H22N2O4. The average molecular weight is 318 g/mol. The van der Waals surface area contributed by atoms with Crippen LogP contribution in [0.2, 0.25) is 0 Å². The first-order chi connectivity index (χ1) is 11.2. The largest absolute Gasteiger partial charge is 0.467 e. The molecule has 2 atom stereocenters. The van der Waals surface area contributed by atoms with Crippen molar-refractivity contribution >= 4 is 12.0 Å². The van der Waals surface area contributed by atoms with Gasteiger partial charge in [0.2, 0.25) is 0 Å². The Labute approximate surface area is 135 Å². The lowest BCUT2D eigenvalue weighted by molar-refractivity contribution is -0.158. The van der Waals surface area contributed by atoms with Gasteiger partial charge in [-0.2, -0.15) is 0 Å².